The van der Waals surface area contributed by atoms with Crippen molar-refractivity contribution in [3.63, 3.8) is 0 Å². The molecule has 3 unspecified atom stereocenters. The number of aliphatic hydroxyl groups excluding tert-OH is 2. The molecule has 1 rings (SSSR count). The van der Waals surface area contributed by atoms with Gasteiger partial charge in [-0.3, -0.25) is 0 Å². The predicted molar refractivity (Wildman–Crippen MR) is 66.4 cm³/mol. The molecule has 0 aliphatic rings. The van der Waals surface area contributed by atoms with Gasteiger partial charge in [0.1, 0.15) is 0 Å². The fraction of sp³-hybridized carbons (Fsp3) is 0.571. The molecule has 0 heterocycles. The van der Waals surface area contributed by atoms with E-state index in [2.05, 4.69) is 13.8 Å². The third-order valence-electron chi connectivity index (χ3n) is 3.15. The second kappa shape index (κ2) is 5.46. The number of hydrogen-bond donors (Lipinski definition) is 2. The lowest BCUT2D eigenvalue weighted by molar-refractivity contribution is 0.192. The molecular formula is C14H22O2. The van der Waals surface area contributed by atoms with E-state index in [9.17, 15) is 10.2 Å². The van der Waals surface area contributed by atoms with Crippen LogP contribution in [-0.4, -0.2) is 10.2 Å². The summed E-state index contributed by atoms with van der Waals surface area (Å²) in [5.74, 6) is 0.455. The minimum absolute atomic E-state index is 0.455. The van der Waals surface area contributed by atoms with E-state index in [1.54, 1.807) is 13.8 Å². The van der Waals surface area contributed by atoms with Gasteiger partial charge in [-0.15, -0.1) is 0 Å². The lowest BCUT2D eigenvalue weighted by Crippen LogP contribution is -2.01. The second-order valence-corrected chi connectivity index (χ2v) is 4.59. The van der Waals surface area contributed by atoms with Crippen LogP contribution in [0, 0.1) is 0 Å². The normalized spacial score (nSPS) is 16.9. The Labute approximate surface area is 97.9 Å². The van der Waals surface area contributed by atoms with Gasteiger partial charge in [0.25, 0.3) is 0 Å². The Morgan fingerprint density at radius 2 is 1.25 bits per heavy atom. The Morgan fingerprint density at radius 1 is 0.875 bits per heavy atom. The first-order valence-electron chi connectivity index (χ1n) is 5.96. The van der Waals surface area contributed by atoms with Crippen molar-refractivity contribution in [2.45, 2.75) is 52.2 Å². The van der Waals surface area contributed by atoms with Gasteiger partial charge in [0.2, 0.25) is 0 Å². The SMILES string of the molecule is CCC(C)c1cc(C(C)O)cc(C(C)O)c1. The highest BCUT2D eigenvalue weighted by Gasteiger charge is 2.11. The summed E-state index contributed by atoms with van der Waals surface area (Å²) < 4.78 is 0. The van der Waals surface area contributed by atoms with Crippen LogP contribution >= 0.6 is 0 Å². The molecule has 0 aromatic heterocycles. The zero-order valence-corrected chi connectivity index (χ0v) is 10.6. The van der Waals surface area contributed by atoms with E-state index in [1.165, 1.54) is 5.56 Å². The molecule has 3 atom stereocenters. The fourth-order valence-corrected chi connectivity index (χ4v) is 1.70. The molecule has 0 aliphatic carbocycles. The summed E-state index contributed by atoms with van der Waals surface area (Å²) in [4.78, 5) is 0. The van der Waals surface area contributed by atoms with Crippen molar-refractivity contribution in [3.05, 3.63) is 34.9 Å². The predicted octanol–water partition coefficient (Wildman–Crippen LogP) is 3.31. The third-order valence-corrected chi connectivity index (χ3v) is 3.15. The van der Waals surface area contributed by atoms with Gasteiger partial charge in [-0.25, -0.2) is 0 Å². The Kier molecular flexibility index (Phi) is 4.51. The van der Waals surface area contributed by atoms with Gasteiger partial charge < -0.3 is 10.2 Å². The van der Waals surface area contributed by atoms with Crippen LogP contribution in [0.4, 0.5) is 0 Å². The van der Waals surface area contributed by atoms with Crippen molar-refractivity contribution >= 4 is 0 Å². The molecule has 2 nitrogen and oxygen atoms in total. The van der Waals surface area contributed by atoms with E-state index in [0.717, 1.165) is 17.5 Å². The molecule has 2 heteroatoms. The van der Waals surface area contributed by atoms with Crippen LogP contribution < -0.4 is 0 Å². The summed E-state index contributed by atoms with van der Waals surface area (Å²) in [7, 11) is 0. The highest BCUT2D eigenvalue weighted by atomic mass is 16.3. The third kappa shape index (κ3) is 3.06. The number of hydrogen-bond acceptors (Lipinski definition) is 2. The van der Waals surface area contributed by atoms with Gasteiger partial charge in [-0.2, -0.15) is 0 Å². The Bertz CT molecular complexity index is 316. The second-order valence-electron chi connectivity index (χ2n) is 4.59. The molecule has 16 heavy (non-hydrogen) atoms. The van der Waals surface area contributed by atoms with Crippen molar-refractivity contribution in [2.24, 2.45) is 0 Å². The van der Waals surface area contributed by atoms with Crippen molar-refractivity contribution in [3.8, 4) is 0 Å². The van der Waals surface area contributed by atoms with Crippen LogP contribution in [-0.2, 0) is 0 Å². The first-order chi connectivity index (χ1) is 7.45. The number of benzene rings is 1. The molecule has 0 bridgehead atoms. The molecule has 0 fully saturated rings. The van der Waals surface area contributed by atoms with Crippen LogP contribution in [0.25, 0.3) is 0 Å². The van der Waals surface area contributed by atoms with E-state index < -0.39 is 12.2 Å². The standard InChI is InChI=1S/C14H22O2/c1-5-9(2)12-6-13(10(3)15)8-14(7-12)11(4)16/h6-11,15-16H,5H2,1-4H3. The van der Waals surface area contributed by atoms with Crippen molar-refractivity contribution in [2.75, 3.05) is 0 Å². The summed E-state index contributed by atoms with van der Waals surface area (Å²) in [5, 5.41) is 19.3. The molecule has 0 spiro atoms. The first-order valence-corrected chi connectivity index (χ1v) is 5.96. The van der Waals surface area contributed by atoms with E-state index in [4.69, 9.17) is 0 Å². The van der Waals surface area contributed by atoms with E-state index in [1.807, 2.05) is 18.2 Å². The molecule has 0 amide bonds. The number of aliphatic hydroxyl groups is 2. The highest BCUT2D eigenvalue weighted by molar-refractivity contribution is 5.34. The van der Waals surface area contributed by atoms with E-state index >= 15 is 0 Å². The molecule has 0 saturated carbocycles. The lowest BCUT2D eigenvalue weighted by atomic mass is 9.92. The highest BCUT2D eigenvalue weighted by Crippen LogP contribution is 2.27. The minimum Gasteiger partial charge on any atom is -0.389 e. The fourth-order valence-electron chi connectivity index (χ4n) is 1.70. The average Bonchev–Trinajstić information content (AvgIpc) is 2.27. The van der Waals surface area contributed by atoms with Gasteiger partial charge >= 0.3 is 0 Å². The quantitative estimate of drug-likeness (QED) is 0.820. The molecule has 1 aromatic carbocycles. The Balaban J connectivity index is 3.18. The van der Waals surface area contributed by atoms with Crippen LogP contribution in [0.1, 0.15) is 68.9 Å². The summed E-state index contributed by atoms with van der Waals surface area (Å²) in [6.07, 6.45) is 0.0886. The zero-order chi connectivity index (χ0) is 12.3. The summed E-state index contributed by atoms with van der Waals surface area (Å²) in [6.45, 7) is 7.80. The smallest absolute Gasteiger partial charge is 0.0762 e. The van der Waals surface area contributed by atoms with Gasteiger partial charge in [-0.1, -0.05) is 32.0 Å². The molecule has 0 aliphatic heterocycles. The molecule has 0 saturated heterocycles. The largest absolute Gasteiger partial charge is 0.389 e. The maximum absolute atomic E-state index is 9.63. The summed E-state index contributed by atoms with van der Waals surface area (Å²) in [6, 6.07) is 5.94. The first kappa shape index (κ1) is 13.2. The van der Waals surface area contributed by atoms with Crippen LogP contribution in [0.15, 0.2) is 18.2 Å². The van der Waals surface area contributed by atoms with Crippen LogP contribution in [0.3, 0.4) is 0 Å². The van der Waals surface area contributed by atoms with E-state index in [-0.39, 0.29) is 0 Å². The van der Waals surface area contributed by atoms with Crippen molar-refractivity contribution < 1.29 is 10.2 Å². The Hall–Kier alpha value is -0.860. The monoisotopic (exact) mass is 222 g/mol. The zero-order valence-electron chi connectivity index (χ0n) is 10.6. The topological polar surface area (TPSA) is 40.5 Å². The summed E-state index contributed by atoms with van der Waals surface area (Å²) in [5.41, 5.74) is 2.96. The molecule has 90 valence electrons. The minimum atomic E-state index is -0.485. The van der Waals surface area contributed by atoms with Crippen molar-refractivity contribution in [1.29, 1.82) is 0 Å². The maximum atomic E-state index is 9.63. The van der Waals surface area contributed by atoms with Gasteiger partial charge in [0, 0.05) is 0 Å². The van der Waals surface area contributed by atoms with E-state index in [0.29, 0.717) is 5.92 Å². The maximum Gasteiger partial charge on any atom is 0.0762 e. The van der Waals surface area contributed by atoms with Crippen molar-refractivity contribution in [1.82, 2.24) is 0 Å². The van der Waals surface area contributed by atoms with Crippen LogP contribution in [0.2, 0.25) is 0 Å². The van der Waals surface area contributed by atoms with Gasteiger partial charge in [0.05, 0.1) is 12.2 Å². The average molecular weight is 222 g/mol. The number of rotatable bonds is 4. The van der Waals surface area contributed by atoms with Crippen LogP contribution in [0.5, 0.6) is 0 Å². The summed E-state index contributed by atoms with van der Waals surface area (Å²) >= 11 is 0. The Morgan fingerprint density at radius 3 is 1.56 bits per heavy atom. The molecule has 2 N–H and O–H groups in total. The van der Waals surface area contributed by atoms with Gasteiger partial charge in [0.15, 0.2) is 0 Å². The molecular weight excluding hydrogens is 200 g/mol. The lowest BCUT2D eigenvalue weighted by Gasteiger charge is -2.16. The van der Waals surface area contributed by atoms with Gasteiger partial charge in [-0.05, 0) is 42.9 Å². The molecule has 0 radical (unpaired) electrons. The molecule has 1 aromatic rings.